The zero-order valence-electron chi connectivity index (χ0n) is 9.53. The van der Waals surface area contributed by atoms with Gasteiger partial charge in [-0.15, -0.1) is 0 Å². The highest BCUT2D eigenvalue weighted by Crippen LogP contribution is 2.00. The van der Waals surface area contributed by atoms with Crippen LogP contribution in [0.25, 0.3) is 0 Å². The van der Waals surface area contributed by atoms with Gasteiger partial charge in [0.25, 0.3) is 0 Å². The number of ether oxygens (including phenoxy) is 1. The molecule has 90 valence electrons. The number of carbonyl (C=O) groups excluding carboxylic acids is 1. The maximum Gasteiger partial charge on any atom is 0.220 e. The highest BCUT2D eigenvalue weighted by molar-refractivity contribution is 5.76. The van der Waals surface area contributed by atoms with Crippen molar-refractivity contribution >= 4 is 5.91 Å². The minimum atomic E-state index is -0.113. The van der Waals surface area contributed by atoms with Gasteiger partial charge in [-0.3, -0.25) is 4.79 Å². The second-order valence-corrected chi connectivity index (χ2v) is 3.78. The van der Waals surface area contributed by atoms with E-state index in [1.807, 2.05) is 6.92 Å². The molecular formula is C10H22N2O3. The van der Waals surface area contributed by atoms with Crippen LogP contribution in [0.2, 0.25) is 0 Å². The molecule has 0 bridgehead atoms. The lowest BCUT2D eigenvalue weighted by Gasteiger charge is -2.17. The van der Waals surface area contributed by atoms with E-state index >= 15 is 0 Å². The van der Waals surface area contributed by atoms with Gasteiger partial charge in [-0.2, -0.15) is 0 Å². The van der Waals surface area contributed by atoms with Crippen LogP contribution in [0.3, 0.4) is 0 Å². The molecule has 0 aliphatic heterocycles. The molecular weight excluding hydrogens is 196 g/mol. The molecule has 4 N–H and O–H groups in total. The first-order valence-corrected chi connectivity index (χ1v) is 5.23. The van der Waals surface area contributed by atoms with E-state index in [-0.39, 0.29) is 24.5 Å². The first-order valence-electron chi connectivity index (χ1n) is 5.23. The maximum atomic E-state index is 11.5. The van der Waals surface area contributed by atoms with Crippen LogP contribution in [0.15, 0.2) is 0 Å². The van der Waals surface area contributed by atoms with Gasteiger partial charge in [-0.05, 0) is 18.9 Å². The fraction of sp³-hybridized carbons (Fsp3) is 0.900. The van der Waals surface area contributed by atoms with Gasteiger partial charge in [0.05, 0.1) is 12.6 Å². The second kappa shape index (κ2) is 8.64. The van der Waals surface area contributed by atoms with E-state index in [0.29, 0.717) is 26.0 Å². The third kappa shape index (κ3) is 7.30. The van der Waals surface area contributed by atoms with Gasteiger partial charge < -0.3 is 20.9 Å². The summed E-state index contributed by atoms with van der Waals surface area (Å²) < 4.78 is 4.94. The maximum absolute atomic E-state index is 11.5. The van der Waals surface area contributed by atoms with Crippen LogP contribution in [0.4, 0.5) is 0 Å². The summed E-state index contributed by atoms with van der Waals surface area (Å²) in [4.78, 5) is 11.5. The number of rotatable bonds is 8. The standard InChI is InChI=1S/C10H22N2O3/c1-8(6-11)5-10(14)12-9(3-4-13)7-15-2/h8-9,13H,3-7,11H2,1-2H3,(H,12,14). The number of nitrogens with one attached hydrogen (secondary N) is 1. The van der Waals surface area contributed by atoms with Crippen LogP contribution >= 0.6 is 0 Å². The number of hydrogen-bond acceptors (Lipinski definition) is 4. The molecule has 0 saturated heterocycles. The predicted molar refractivity (Wildman–Crippen MR) is 58.3 cm³/mol. The first-order chi connectivity index (χ1) is 7.13. The molecule has 2 unspecified atom stereocenters. The SMILES string of the molecule is COCC(CCO)NC(=O)CC(C)CN. The van der Waals surface area contributed by atoms with Gasteiger partial charge in [-0.1, -0.05) is 6.92 Å². The van der Waals surface area contributed by atoms with Crippen molar-refractivity contribution in [3.63, 3.8) is 0 Å². The van der Waals surface area contributed by atoms with Crippen molar-refractivity contribution < 1.29 is 14.6 Å². The summed E-state index contributed by atoms with van der Waals surface area (Å²) in [5.41, 5.74) is 5.42. The minimum Gasteiger partial charge on any atom is -0.396 e. The molecule has 0 fully saturated rings. The molecule has 0 rings (SSSR count). The van der Waals surface area contributed by atoms with E-state index in [0.717, 1.165) is 0 Å². The highest BCUT2D eigenvalue weighted by atomic mass is 16.5. The average molecular weight is 218 g/mol. The zero-order valence-corrected chi connectivity index (χ0v) is 9.53. The van der Waals surface area contributed by atoms with Gasteiger partial charge in [0.15, 0.2) is 0 Å². The number of aliphatic hydroxyl groups is 1. The quantitative estimate of drug-likeness (QED) is 0.512. The Labute approximate surface area is 91.0 Å². The molecule has 0 aliphatic carbocycles. The van der Waals surface area contributed by atoms with Gasteiger partial charge in [0.2, 0.25) is 5.91 Å². The summed E-state index contributed by atoms with van der Waals surface area (Å²) in [6.45, 7) is 2.89. The lowest BCUT2D eigenvalue weighted by atomic mass is 10.1. The fourth-order valence-electron chi connectivity index (χ4n) is 1.24. The van der Waals surface area contributed by atoms with Crippen molar-refractivity contribution in [1.29, 1.82) is 0 Å². The number of carbonyl (C=O) groups is 1. The Hall–Kier alpha value is -0.650. The molecule has 15 heavy (non-hydrogen) atoms. The third-order valence-electron chi connectivity index (χ3n) is 2.15. The lowest BCUT2D eigenvalue weighted by molar-refractivity contribution is -0.123. The molecule has 0 spiro atoms. The molecule has 0 aromatic carbocycles. The van der Waals surface area contributed by atoms with E-state index in [4.69, 9.17) is 15.6 Å². The Morgan fingerprint density at radius 3 is 2.73 bits per heavy atom. The molecule has 0 aliphatic rings. The van der Waals surface area contributed by atoms with Crippen LogP contribution in [0.1, 0.15) is 19.8 Å². The van der Waals surface area contributed by atoms with Crippen LogP contribution in [-0.4, -0.2) is 43.9 Å². The van der Waals surface area contributed by atoms with Crippen molar-refractivity contribution in [2.24, 2.45) is 11.7 Å². The first kappa shape index (κ1) is 14.3. The van der Waals surface area contributed by atoms with Crippen LogP contribution in [0, 0.1) is 5.92 Å². The number of hydrogen-bond donors (Lipinski definition) is 3. The Kier molecular flexibility index (Phi) is 8.27. The molecule has 1 amide bonds. The smallest absolute Gasteiger partial charge is 0.220 e. The predicted octanol–water partition coefficient (Wildman–Crippen LogP) is -0.515. The molecule has 0 heterocycles. The summed E-state index contributed by atoms with van der Waals surface area (Å²) in [6, 6.07) is -0.113. The zero-order chi connectivity index (χ0) is 11.7. The van der Waals surface area contributed by atoms with Gasteiger partial charge in [-0.25, -0.2) is 0 Å². The van der Waals surface area contributed by atoms with Crippen molar-refractivity contribution in [2.45, 2.75) is 25.8 Å². The Balaban J connectivity index is 3.87. The summed E-state index contributed by atoms with van der Waals surface area (Å²) >= 11 is 0. The van der Waals surface area contributed by atoms with E-state index in [1.165, 1.54) is 0 Å². The van der Waals surface area contributed by atoms with E-state index in [1.54, 1.807) is 7.11 Å². The minimum absolute atomic E-state index is 0.0385. The topological polar surface area (TPSA) is 84.6 Å². The van der Waals surface area contributed by atoms with Crippen molar-refractivity contribution in [3.8, 4) is 0 Å². The van der Waals surface area contributed by atoms with E-state index in [9.17, 15) is 4.79 Å². The normalized spacial score (nSPS) is 14.7. The third-order valence-corrected chi connectivity index (χ3v) is 2.15. The average Bonchev–Trinajstić information content (AvgIpc) is 2.18. The monoisotopic (exact) mass is 218 g/mol. The Bertz CT molecular complexity index is 170. The number of amides is 1. The number of aliphatic hydroxyl groups excluding tert-OH is 1. The molecule has 0 aromatic heterocycles. The molecule has 2 atom stereocenters. The lowest BCUT2D eigenvalue weighted by Crippen LogP contribution is -2.39. The van der Waals surface area contributed by atoms with Crippen molar-refractivity contribution in [3.05, 3.63) is 0 Å². The molecule has 0 saturated carbocycles. The van der Waals surface area contributed by atoms with Crippen molar-refractivity contribution in [2.75, 3.05) is 26.9 Å². The molecule has 5 heteroatoms. The van der Waals surface area contributed by atoms with Gasteiger partial charge >= 0.3 is 0 Å². The molecule has 5 nitrogen and oxygen atoms in total. The largest absolute Gasteiger partial charge is 0.396 e. The summed E-state index contributed by atoms with van der Waals surface area (Å²) in [5, 5.41) is 11.6. The van der Waals surface area contributed by atoms with Crippen LogP contribution < -0.4 is 11.1 Å². The van der Waals surface area contributed by atoms with Gasteiger partial charge in [0.1, 0.15) is 0 Å². The van der Waals surface area contributed by atoms with Crippen LogP contribution in [0.5, 0.6) is 0 Å². The van der Waals surface area contributed by atoms with Gasteiger partial charge in [0, 0.05) is 20.1 Å². The number of nitrogens with two attached hydrogens (primary N) is 1. The summed E-state index contributed by atoms with van der Waals surface area (Å²) in [5.74, 6) is 0.144. The highest BCUT2D eigenvalue weighted by Gasteiger charge is 2.13. The molecule has 0 radical (unpaired) electrons. The number of methoxy groups -OCH3 is 1. The van der Waals surface area contributed by atoms with E-state index < -0.39 is 0 Å². The Morgan fingerprint density at radius 1 is 1.60 bits per heavy atom. The molecule has 0 aromatic rings. The van der Waals surface area contributed by atoms with Crippen molar-refractivity contribution in [1.82, 2.24) is 5.32 Å². The fourth-order valence-corrected chi connectivity index (χ4v) is 1.24. The summed E-state index contributed by atoms with van der Waals surface area (Å²) in [6.07, 6.45) is 0.929. The second-order valence-electron chi connectivity index (χ2n) is 3.78. The Morgan fingerprint density at radius 2 is 2.27 bits per heavy atom. The summed E-state index contributed by atoms with van der Waals surface area (Å²) in [7, 11) is 1.57. The van der Waals surface area contributed by atoms with Crippen LogP contribution in [-0.2, 0) is 9.53 Å². The van der Waals surface area contributed by atoms with E-state index in [2.05, 4.69) is 5.32 Å².